The van der Waals surface area contributed by atoms with Gasteiger partial charge in [-0.1, -0.05) is 48.0 Å². The maximum absolute atomic E-state index is 13.3. The van der Waals surface area contributed by atoms with Gasteiger partial charge >= 0.3 is 6.03 Å². The third-order valence-electron chi connectivity index (χ3n) is 5.80. The molecule has 0 saturated carbocycles. The van der Waals surface area contributed by atoms with Gasteiger partial charge in [0.15, 0.2) is 11.5 Å². The Hall–Kier alpha value is -4.39. The standard InChI is InChI=1S/C29H28N2O5/c1-5-35-26-16-22(12-13-25(26)36-17-21-10-7-18(2)8-11-21)15-23-27(32)30-29(34)31(28(23)33)24-14-19(3)6-9-20(24)4/h6-16H,5,17H2,1-4H3,(H,30,32,34)/b23-15+. The molecule has 1 N–H and O–H groups in total. The summed E-state index contributed by atoms with van der Waals surface area (Å²) in [7, 11) is 0. The highest BCUT2D eigenvalue weighted by Crippen LogP contribution is 2.31. The maximum Gasteiger partial charge on any atom is 0.335 e. The first kappa shape index (κ1) is 24.7. The van der Waals surface area contributed by atoms with Crippen LogP contribution in [0.1, 0.15) is 34.7 Å². The average Bonchev–Trinajstić information content (AvgIpc) is 2.84. The molecule has 1 saturated heterocycles. The fourth-order valence-corrected chi connectivity index (χ4v) is 3.85. The second kappa shape index (κ2) is 10.5. The number of benzene rings is 3. The molecule has 1 heterocycles. The molecule has 0 spiro atoms. The number of hydrogen-bond acceptors (Lipinski definition) is 5. The van der Waals surface area contributed by atoms with E-state index in [1.807, 2.05) is 57.2 Å². The van der Waals surface area contributed by atoms with Gasteiger partial charge in [0.25, 0.3) is 11.8 Å². The molecule has 7 nitrogen and oxygen atoms in total. The molecule has 184 valence electrons. The number of ether oxygens (including phenoxy) is 2. The minimum Gasteiger partial charge on any atom is -0.490 e. The third-order valence-corrected chi connectivity index (χ3v) is 5.80. The van der Waals surface area contributed by atoms with Gasteiger partial charge < -0.3 is 9.47 Å². The molecule has 1 fully saturated rings. The van der Waals surface area contributed by atoms with Gasteiger partial charge in [-0.15, -0.1) is 0 Å². The third kappa shape index (κ3) is 5.30. The van der Waals surface area contributed by atoms with Crippen molar-refractivity contribution >= 4 is 29.6 Å². The van der Waals surface area contributed by atoms with E-state index in [0.717, 1.165) is 21.6 Å². The molecular formula is C29H28N2O5. The summed E-state index contributed by atoms with van der Waals surface area (Å²) in [6, 6.07) is 17.9. The normalized spacial score (nSPS) is 14.7. The zero-order valence-electron chi connectivity index (χ0n) is 20.8. The summed E-state index contributed by atoms with van der Waals surface area (Å²) < 4.78 is 11.7. The number of nitrogens with one attached hydrogen (secondary N) is 1. The summed E-state index contributed by atoms with van der Waals surface area (Å²) in [6.45, 7) is 8.35. The second-order valence-electron chi connectivity index (χ2n) is 8.66. The zero-order valence-corrected chi connectivity index (χ0v) is 20.8. The number of anilines is 1. The van der Waals surface area contributed by atoms with E-state index >= 15 is 0 Å². The van der Waals surface area contributed by atoms with E-state index in [0.29, 0.717) is 36.0 Å². The highest BCUT2D eigenvalue weighted by Gasteiger charge is 2.37. The van der Waals surface area contributed by atoms with Crippen LogP contribution in [-0.4, -0.2) is 24.5 Å². The Labute approximate surface area is 210 Å². The van der Waals surface area contributed by atoms with Gasteiger partial charge in [0.05, 0.1) is 12.3 Å². The maximum atomic E-state index is 13.3. The molecule has 7 heteroatoms. The van der Waals surface area contributed by atoms with Crippen molar-refractivity contribution in [3.8, 4) is 11.5 Å². The van der Waals surface area contributed by atoms with E-state index in [-0.39, 0.29) is 5.57 Å². The molecule has 0 unspecified atom stereocenters. The minimum absolute atomic E-state index is 0.147. The first-order valence-electron chi connectivity index (χ1n) is 11.7. The van der Waals surface area contributed by atoms with Crippen LogP contribution < -0.4 is 19.7 Å². The van der Waals surface area contributed by atoms with Gasteiger partial charge in [0.2, 0.25) is 0 Å². The molecule has 0 aromatic heterocycles. The van der Waals surface area contributed by atoms with Crippen LogP contribution in [0.3, 0.4) is 0 Å². The van der Waals surface area contributed by atoms with Crippen LogP contribution in [0, 0.1) is 20.8 Å². The van der Waals surface area contributed by atoms with Gasteiger partial charge in [-0.05, 0) is 74.2 Å². The number of nitrogens with zero attached hydrogens (tertiary/aromatic N) is 1. The van der Waals surface area contributed by atoms with Crippen LogP contribution in [0.4, 0.5) is 10.5 Å². The summed E-state index contributed by atoms with van der Waals surface area (Å²) >= 11 is 0. The number of imide groups is 2. The molecule has 0 atom stereocenters. The van der Waals surface area contributed by atoms with Gasteiger partial charge in [0, 0.05) is 0 Å². The molecule has 0 aliphatic carbocycles. The molecule has 4 rings (SSSR count). The van der Waals surface area contributed by atoms with Crippen LogP contribution >= 0.6 is 0 Å². The summed E-state index contributed by atoms with van der Waals surface area (Å²) in [5, 5.41) is 2.27. The molecule has 1 aliphatic heterocycles. The van der Waals surface area contributed by atoms with E-state index < -0.39 is 17.8 Å². The zero-order chi connectivity index (χ0) is 25.8. The van der Waals surface area contributed by atoms with Gasteiger partial charge in [-0.3, -0.25) is 14.9 Å². The fourth-order valence-electron chi connectivity index (χ4n) is 3.85. The Morgan fingerprint density at radius 1 is 0.833 bits per heavy atom. The number of barbiturate groups is 1. The van der Waals surface area contributed by atoms with E-state index in [4.69, 9.17) is 9.47 Å². The lowest BCUT2D eigenvalue weighted by Gasteiger charge is -2.27. The monoisotopic (exact) mass is 484 g/mol. The fraction of sp³-hybridized carbons (Fsp3) is 0.207. The Kier molecular flexibility index (Phi) is 7.20. The lowest BCUT2D eigenvalue weighted by molar-refractivity contribution is -0.122. The minimum atomic E-state index is -0.772. The van der Waals surface area contributed by atoms with Crippen LogP contribution in [0.15, 0.2) is 66.2 Å². The quantitative estimate of drug-likeness (QED) is 0.365. The lowest BCUT2D eigenvalue weighted by Crippen LogP contribution is -2.54. The predicted octanol–water partition coefficient (Wildman–Crippen LogP) is 5.26. The van der Waals surface area contributed by atoms with E-state index in [1.54, 1.807) is 31.2 Å². The summed E-state index contributed by atoms with van der Waals surface area (Å²) in [6.07, 6.45) is 1.45. The molecule has 0 radical (unpaired) electrons. The molecule has 36 heavy (non-hydrogen) atoms. The Morgan fingerprint density at radius 3 is 2.28 bits per heavy atom. The highest BCUT2D eigenvalue weighted by atomic mass is 16.5. The van der Waals surface area contributed by atoms with Crippen LogP contribution in [0.2, 0.25) is 0 Å². The number of carbonyl (C=O) groups excluding carboxylic acids is 3. The van der Waals surface area contributed by atoms with Crippen LogP contribution in [0.25, 0.3) is 6.08 Å². The van der Waals surface area contributed by atoms with Crippen molar-refractivity contribution < 1.29 is 23.9 Å². The first-order chi connectivity index (χ1) is 17.3. The predicted molar refractivity (Wildman–Crippen MR) is 138 cm³/mol. The summed E-state index contributed by atoms with van der Waals surface area (Å²) in [5.41, 5.74) is 4.68. The number of carbonyl (C=O) groups is 3. The first-order valence-corrected chi connectivity index (χ1v) is 11.7. The highest BCUT2D eigenvalue weighted by molar-refractivity contribution is 6.39. The molecule has 3 aromatic carbocycles. The number of urea groups is 1. The summed E-state index contributed by atoms with van der Waals surface area (Å²) in [4.78, 5) is 39.5. The number of rotatable bonds is 7. The number of amides is 4. The van der Waals surface area contributed by atoms with Crippen molar-refractivity contribution in [1.82, 2.24) is 5.32 Å². The Bertz CT molecular complexity index is 1360. The van der Waals surface area contributed by atoms with E-state index in [9.17, 15) is 14.4 Å². The second-order valence-corrected chi connectivity index (χ2v) is 8.66. The van der Waals surface area contributed by atoms with Crippen molar-refractivity contribution in [1.29, 1.82) is 0 Å². The Balaban J connectivity index is 1.63. The van der Waals surface area contributed by atoms with E-state index in [1.165, 1.54) is 11.6 Å². The van der Waals surface area contributed by atoms with Crippen molar-refractivity contribution in [2.24, 2.45) is 0 Å². The number of aryl methyl sites for hydroxylation is 3. The topological polar surface area (TPSA) is 84.9 Å². The molecule has 3 aromatic rings. The van der Waals surface area contributed by atoms with Gasteiger partial charge in [0.1, 0.15) is 12.2 Å². The van der Waals surface area contributed by atoms with Gasteiger partial charge in [-0.25, -0.2) is 9.69 Å². The van der Waals surface area contributed by atoms with Gasteiger partial charge in [-0.2, -0.15) is 0 Å². The van der Waals surface area contributed by atoms with E-state index in [2.05, 4.69) is 5.32 Å². The molecule has 0 bridgehead atoms. The van der Waals surface area contributed by atoms with Crippen LogP contribution in [0.5, 0.6) is 11.5 Å². The largest absolute Gasteiger partial charge is 0.490 e. The van der Waals surface area contributed by atoms with Crippen molar-refractivity contribution in [2.45, 2.75) is 34.3 Å². The molecule has 4 amide bonds. The molecular weight excluding hydrogens is 456 g/mol. The lowest BCUT2D eigenvalue weighted by atomic mass is 10.0. The molecule has 1 aliphatic rings. The Morgan fingerprint density at radius 2 is 1.56 bits per heavy atom. The average molecular weight is 485 g/mol. The smallest absolute Gasteiger partial charge is 0.335 e. The SMILES string of the molecule is CCOc1cc(/C=C2\C(=O)NC(=O)N(c3cc(C)ccc3C)C2=O)ccc1OCc1ccc(C)cc1. The number of hydrogen-bond donors (Lipinski definition) is 1. The van der Waals surface area contributed by atoms with Crippen molar-refractivity contribution in [3.63, 3.8) is 0 Å². The van der Waals surface area contributed by atoms with Crippen molar-refractivity contribution in [3.05, 3.63) is 94.1 Å². The summed E-state index contributed by atoms with van der Waals surface area (Å²) in [5.74, 6) is -0.393. The van der Waals surface area contributed by atoms with Crippen LogP contribution in [-0.2, 0) is 16.2 Å². The van der Waals surface area contributed by atoms with Crippen molar-refractivity contribution in [2.75, 3.05) is 11.5 Å².